The summed E-state index contributed by atoms with van der Waals surface area (Å²) in [6.45, 7) is 3.62. The van der Waals surface area contributed by atoms with Crippen molar-refractivity contribution in [2.24, 2.45) is 5.73 Å². The monoisotopic (exact) mass is 372 g/mol. The van der Waals surface area contributed by atoms with E-state index in [-0.39, 0.29) is 35.3 Å². The standard InChI is InChI=1S/C19H17FN2O5/c1-10(2)26-9-12-7-14-16(8-15(12)22(24)25)27-18(17(14)19(21)23)11-3-5-13(20)6-4-11/h3-8,10H,9H2,1-2H3,(H2,21,23). The van der Waals surface area contributed by atoms with Crippen LogP contribution >= 0.6 is 0 Å². The van der Waals surface area contributed by atoms with Crippen LogP contribution in [0.1, 0.15) is 29.8 Å². The van der Waals surface area contributed by atoms with Crippen LogP contribution in [0.5, 0.6) is 0 Å². The van der Waals surface area contributed by atoms with Crippen molar-refractivity contribution in [3.63, 3.8) is 0 Å². The first-order chi connectivity index (χ1) is 12.8. The number of hydrogen-bond acceptors (Lipinski definition) is 5. The fraction of sp³-hybridized carbons (Fsp3) is 0.211. The first-order valence-electron chi connectivity index (χ1n) is 8.19. The number of ether oxygens (including phenoxy) is 1. The first kappa shape index (κ1) is 18.5. The number of nitrogens with two attached hydrogens (primary N) is 1. The van der Waals surface area contributed by atoms with E-state index in [0.29, 0.717) is 16.5 Å². The second-order valence-corrected chi connectivity index (χ2v) is 6.27. The lowest BCUT2D eigenvalue weighted by Crippen LogP contribution is -2.11. The summed E-state index contributed by atoms with van der Waals surface area (Å²) in [6.07, 6.45) is -0.130. The molecule has 0 spiro atoms. The molecule has 7 nitrogen and oxygen atoms in total. The Bertz CT molecular complexity index is 1020. The largest absolute Gasteiger partial charge is 0.455 e. The van der Waals surface area contributed by atoms with E-state index in [0.717, 1.165) is 0 Å². The van der Waals surface area contributed by atoms with Gasteiger partial charge in [-0.05, 0) is 44.2 Å². The Morgan fingerprint density at radius 2 is 1.96 bits per heavy atom. The smallest absolute Gasteiger partial charge is 0.278 e. The summed E-state index contributed by atoms with van der Waals surface area (Å²) in [4.78, 5) is 22.9. The van der Waals surface area contributed by atoms with Crippen LogP contribution in [-0.2, 0) is 11.3 Å². The summed E-state index contributed by atoms with van der Waals surface area (Å²) in [5.41, 5.74) is 6.30. The van der Waals surface area contributed by atoms with Crippen molar-refractivity contribution >= 4 is 22.6 Å². The molecule has 8 heteroatoms. The summed E-state index contributed by atoms with van der Waals surface area (Å²) in [6, 6.07) is 8.04. The Balaban J connectivity index is 2.24. The maximum Gasteiger partial charge on any atom is 0.278 e. The minimum atomic E-state index is -0.752. The minimum absolute atomic E-state index is 0.000810. The second-order valence-electron chi connectivity index (χ2n) is 6.27. The molecule has 0 aliphatic rings. The van der Waals surface area contributed by atoms with Gasteiger partial charge in [0.25, 0.3) is 11.6 Å². The van der Waals surface area contributed by atoms with Gasteiger partial charge in [0.2, 0.25) is 0 Å². The van der Waals surface area contributed by atoms with Gasteiger partial charge in [-0.1, -0.05) is 0 Å². The van der Waals surface area contributed by atoms with Crippen LogP contribution in [0, 0.1) is 15.9 Å². The highest BCUT2D eigenvalue weighted by Gasteiger charge is 2.25. The third-order valence-corrected chi connectivity index (χ3v) is 4.01. The highest BCUT2D eigenvalue weighted by molar-refractivity contribution is 6.11. The molecular formula is C19H17FN2O5. The number of rotatable bonds is 6. The number of nitro groups is 1. The zero-order valence-electron chi connectivity index (χ0n) is 14.7. The van der Waals surface area contributed by atoms with Crippen LogP contribution in [0.25, 0.3) is 22.3 Å². The number of halogens is 1. The van der Waals surface area contributed by atoms with E-state index in [4.69, 9.17) is 14.9 Å². The molecule has 0 unspecified atom stereocenters. The van der Waals surface area contributed by atoms with Crippen molar-refractivity contribution in [1.29, 1.82) is 0 Å². The molecule has 2 N–H and O–H groups in total. The van der Waals surface area contributed by atoms with Crippen LogP contribution < -0.4 is 5.73 Å². The lowest BCUT2D eigenvalue weighted by atomic mass is 10.0. The van der Waals surface area contributed by atoms with Crippen molar-refractivity contribution < 1.29 is 23.3 Å². The van der Waals surface area contributed by atoms with Crippen molar-refractivity contribution in [3.05, 3.63) is 63.5 Å². The number of nitro benzene ring substituents is 1. The van der Waals surface area contributed by atoms with E-state index in [1.165, 1.54) is 36.4 Å². The van der Waals surface area contributed by atoms with E-state index in [9.17, 15) is 19.3 Å². The number of furan rings is 1. The molecule has 2 aromatic carbocycles. The maximum absolute atomic E-state index is 13.2. The van der Waals surface area contributed by atoms with Crippen molar-refractivity contribution in [1.82, 2.24) is 0 Å². The van der Waals surface area contributed by atoms with Crippen molar-refractivity contribution in [2.45, 2.75) is 26.6 Å². The number of fused-ring (bicyclic) bond motifs is 1. The SMILES string of the molecule is CC(C)OCc1cc2c(C(N)=O)c(-c3ccc(F)cc3)oc2cc1[N+](=O)[O-]. The Labute approximate surface area is 153 Å². The van der Waals surface area contributed by atoms with Gasteiger partial charge in [0.05, 0.1) is 34.8 Å². The van der Waals surface area contributed by atoms with Crippen LogP contribution in [0.4, 0.5) is 10.1 Å². The molecule has 3 aromatic rings. The molecule has 0 fully saturated rings. The predicted molar refractivity (Wildman–Crippen MR) is 96.7 cm³/mol. The van der Waals surface area contributed by atoms with Gasteiger partial charge in [-0.2, -0.15) is 0 Å². The number of amides is 1. The molecular weight excluding hydrogens is 355 g/mol. The summed E-state index contributed by atoms with van der Waals surface area (Å²) in [5, 5.41) is 11.8. The topological polar surface area (TPSA) is 109 Å². The van der Waals surface area contributed by atoms with Gasteiger partial charge >= 0.3 is 0 Å². The Kier molecular flexibility index (Phi) is 4.91. The Morgan fingerprint density at radius 3 is 2.52 bits per heavy atom. The second kappa shape index (κ2) is 7.16. The number of carbonyl (C=O) groups is 1. The molecule has 0 aliphatic heterocycles. The molecule has 0 radical (unpaired) electrons. The molecule has 0 bridgehead atoms. The minimum Gasteiger partial charge on any atom is -0.455 e. The third kappa shape index (κ3) is 3.65. The van der Waals surface area contributed by atoms with Crippen LogP contribution in [0.2, 0.25) is 0 Å². The molecule has 1 amide bonds. The molecule has 1 aromatic heterocycles. The first-order valence-corrected chi connectivity index (χ1v) is 8.19. The summed E-state index contributed by atoms with van der Waals surface area (Å²) in [7, 11) is 0. The van der Waals surface area contributed by atoms with Crippen LogP contribution in [0.15, 0.2) is 40.8 Å². The number of hydrogen-bond donors (Lipinski definition) is 1. The van der Waals surface area contributed by atoms with Crippen molar-refractivity contribution in [3.8, 4) is 11.3 Å². The molecule has 0 saturated heterocycles. The fourth-order valence-corrected chi connectivity index (χ4v) is 2.77. The number of nitrogens with zero attached hydrogens (tertiary/aromatic N) is 1. The van der Waals surface area contributed by atoms with E-state index in [2.05, 4.69) is 0 Å². The molecule has 1 heterocycles. The highest BCUT2D eigenvalue weighted by atomic mass is 19.1. The fourth-order valence-electron chi connectivity index (χ4n) is 2.77. The third-order valence-electron chi connectivity index (χ3n) is 4.01. The lowest BCUT2D eigenvalue weighted by Gasteiger charge is -2.08. The Hall–Kier alpha value is -3.26. The molecule has 0 saturated carbocycles. The molecule has 140 valence electrons. The summed E-state index contributed by atoms with van der Waals surface area (Å²) >= 11 is 0. The zero-order valence-corrected chi connectivity index (χ0v) is 14.7. The van der Waals surface area contributed by atoms with Gasteiger partial charge in [0, 0.05) is 10.9 Å². The number of benzene rings is 2. The molecule has 3 rings (SSSR count). The number of carbonyl (C=O) groups excluding carboxylic acids is 1. The quantitative estimate of drug-likeness (QED) is 0.516. The van der Waals surface area contributed by atoms with E-state index in [1.54, 1.807) is 0 Å². The van der Waals surface area contributed by atoms with Gasteiger partial charge in [-0.15, -0.1) is 0 Å². The van der Waals surface area contributed by atoms with Gasteiger partial charge in [0.15, 0.2) is 0 Å². The van der Waals surface area contributed by atoms with Gasteiger partial charge in [-0.25, -0.2) is 4.39 Å². The van der Waals surface area contributed by atoms with Gasteiger partial charge in [-0.3, -0.25) is 14.9 Å². The summed E-state index contributed by atoms with van der Waals surface area (Å²) < 4.78 is 24.4. The van der Waals surface area contributed by atoms with Crippen LogP contribution in [0.3, 0.4) is 0 Å². The summed E-state index contributed by atoms with van der Waals surface area (Å²) in [5.74, 6) is -1.06. The average molecular weight is 372 g/mol. The maximum atomic E-state index is 13.2. The highest BCUT2D eigenvalue weighted by Crippen LogP contribution is 2.37. The average Bonchev–Trinajstić information content (AvgIpc) is 2.98. The van der Waals surface area contributed by atoms with Crippen LogP contribution in [-0.4, -0.2) is 16.9 Å². The van der Waals surface area contributed by atoms with E-state index >= 15 is 0 Å². The van der Waals surface area contributed by atoms with Gasteiger partial charge < -0.3 is 14.9 Å². The Morgan fingerprint density at radius 1 is 1.30 bits per heavy atom. The van der Waals surface area contributed by atoms with Gasteiger partial charge in [0.1, 0.15) is 17.2 Å². The molecule has 0 aliphatic carbocycles. The molecule has 0 atom stereocenters. The zero-order chi connectivity index (χ0) is 19.7. The van der Waals surface area contributed by atoms with E-state index < -0.39 is 16.6 Å². The molecule has 27 heavy (non-hydrogen) atoms. The van der Waals surface area contributed by atoms with Crippen molar-refractivity contribution in [2.75, 3.05) is 0 Å². The lowest BCUT2D eigenvalue weighted by molar-refractivity contribution is -0.385. The van der Waals surface area contributed by atoms with E-state index in [1.807, 2.05) is 13.8 Å². The predicted octanol–water partition coefficient (Wildman–Crippen LogP) is 4.17. The number of primary amides is 1. The normalized spacial score (nSPS) is 11.3.